The molecule has 2 rings (SSSR count). The summed E-state index contributed by atoms with van der Waals surface area (Å²) in [7, 11) is 0. The van der Waals surface area contributed by atoms with Crippen LogP contribution in [0.1, 0.15) is 22.4 Å². The van der Waals surface area contributed by atoms with Crippen molar-refractivity contribution in [3.8, 4) is 6.07 Å². The topological polar surface area (TPSA) is 58.7 Å². The summed E-state index contributed by atoms with van der Waals surface area (Å²) >= 11 is 0. The van der Waals surface area contributed by atoms with Crippen molar-refractivity contribution >= 4 is 0 Å². The average Bonchev–Trinajstić information content (AvgIpc) is 2.34. The molecule has 0 aliphatic rings. The van der Waals surface area contributed by atoms with E-state index in [4.69, 9.17) is 5.26 Å². The van der Waals surface area contributed by atoms with Crippen LogP contribution in [0.2, 0.25) is 0 Å². The lowest BCUT2D eigenvalue weighted by Crippen LogP contribution is -2.23. The zero-order valence-corrected chi connectivity index (χ0v) is 10.3. The molecule has 2 aromatic rings. The molecule has 18 heavy (non-hydrogen) atoms. The molecule has 0 N–H and O–H groups in total. The minimum Gasteiger partial charge on any atom is -0.295 e. The van der Waals surface area contributed by atoms with Crippen molar-refractivity contribution in [2.45, 2.75) is 20.4 Å². The van der Waals surface area contributed by atoms with Gasteiger partial charge in [-0.05, 0) is 43.2 Å². The molecule has 4 nitrogen and oxygen atoms in total. The van der Waals surface area contributed by atoms with Crippen LogP contribution in [0.5, 0.6) is 0 Å². The maximum atomic E-state index is 11.7. The van der Waals surface area contributed by atoms with Gasteiger partial charge in [-0.3, -0.25) is 4.57 Å². The third kappa shape index (κ3) is 2.46. The summed E-state index contributed by atoms with van der Waals surface area (Å²) in [5, 5.41) is 8.80. The number of aryl methyl sites for hydroxylation is 2. The fourth-order valence-corrected chi connectivity index (χ4v) is 1.76. The lowest BCUT2D eigenvalue weighted by Gasteiger charge is -2.08. The quantitative estimate of drug-likeness (QED) is 0.802. The Morgan fingerprint density at radius 3 is 2.72 bits per heavy atom. The predicted molar refractivity (Wildman–Crippen MR) is 68.2 cm³/mol. The molecule has 0 saturated carbocycles. The van der Waals surface area contributed by atoms with Crippen LogP contribution in [0.15, 0.2) is 35.3 Å². The molecule has 0 fully saturated rings. The summed E-state index contributed by atoms with van der Waals surface area (Å²) in [6, 6.07) is 9.36. The molecule has 0 unspecified atom stereocenters. The molecule has 4 heteroatoms. The van der Waals surface area contributed by atoms with Gasteiger partial charge in [-0.2, -0.15) is 10.2 Å². The van der Waals surface area contributed by atoms with Crippen molar-refractivity contribution in [1.29, 1.82) is 5.26 Å². The first-order valence-corrected chi connectivity index (χ1v) is 5.64. The van der Waals surface area contributed by atoms with E-state index in [-0.39, 0.29) is 5.69 Å². The number of aromatic nitrogens is 2. The Hall–Kier alpha value is -2.41. The zero-order valence-electron chi connectivity index (χ0n) is 10.3. The van der Waals surface area contributed by atoms with Crippen molar-refractivity contribution in [3.63, 3.8) is 0 Å². The maximum absolute atomic E-state index is 11.7. The Morgan fingerprint density at radius 1 is 1.33 bits per heavy atom. The second-order valence-corrected chi connectivity index (χ2v) is 4.23. The van der Waals surface area contributed by atoms with Crippen molar-refractivity contribution in [3.05, 3.63) is 63.3 Å². The SMILES string of the molecule is Cc1ccn(Cc2ccc(C#N)cc2C)c(=O)n1. The third-order valence-corrected chi connectivity index (χ3v) is 2.83. The lowest BCUT2D eigenvalue weighted by atomic mass is 10.1. The van der Waals surface area contributed by atoms with Gasteiger partial charge in [0.05, 0.1) is 18.2 Å². The third-order valence-electron chi connectivity index (χ3n) is 2.83. The van der Waals surface area contributed by atoms with Crippen LogP contribution in [0, 0.1) is 25.2 Å². The van der Waals surface area contributed by atoms with E-state index in [1.54, 1.807) is 29.8 Å². The fourth-order valence-electron chi connectivity index (χ4n) is 1.76. The zero-order chi connectivity index (χ0) is 13.1. The van der Waals surface area contributed by atoms with Gasteiger partial charge in [0.15, 0.2) is 0 Å². The molecule has 0 bridgehead atoms. The Bertz CT molecular complexity index is 680. The molecular formula is C14H13N3O. The summed E-state index contributed by atoms with van der Waals surface area (Å²) in [4.78, 5) is 15.6. The van der Waals surface area contributed by atoms with Crippen LogP contribution in [0.25, 0.3) is 0 Å². The van der Waals surface area contributed by atoms with E-state index >= 15 is 0 Å². The molecule has 1 aromatic carbocycles. The Morgan fingerprint density at radius 2 is 2.11 bits per heavy atom. The van der Waals surface area contributed by atoms with Crippen LogP contribution in [-0.2, 0) is 6.54 Å². The summed E-state index contributed by atoms with van der Waals surface area (Å²) in [6.07, 6.45) is 1.74. The molecule has 1 heterocycles. The van der Waals surface area contributed by atoms with Gasteiger partial charge in [0.25, 0.3) is 0 Å². The highest BCUT2D eigenvalue weighted by Gasteiger charge is 2.03. The minimum atomic E-state index is -0.251. The van der Waals surface area contributed by atoms with Gasteiger partial charge in [-0.15, -0.1) is 0 Å². The number of benzene rings is 1. The van der Waals surface area contributed by atoms with Crippen molar-refractivity contribution in [2.75, 3.05) is 0 Å². The maximum Gasteiger partial charge on any atom is 0.348 e. The molecule has 1 aromatic heterocycles. The number of hydrogen-bond donors (Lipinski definition) is 0. The molecular weight excluding hydrogens is 226 g/mol. The number of nitrogens with zero attached hydrogens (tertiary/aromatic N) is 3. The largest absolute Gasteiger partial charge is 0.348 e. The lowest BCUT2D eigenvalue weighted by molar-refractivity contribution is 0.717. The molecule has 0 aliphatic heterocycles. The second kappa shape index (κ2) is 4.84. The summed E-state index contributed by atoms with van der Waals surface area (Å²) in [5.41, 5.74) is 3.11. The van der Waals surface area contributed by atoms with E-state index in [2.05, 4.69) is 11.1 Å². The van der Waals surface area contributed by atoms with Crippen LogP contribution >= 0.6 is 0 Å². The monoisotopic (exact) mass is 239 g/mol. The van der Waals surface area contributed by atoms with Gasteiger partial charge < -0.3 is 0 Å². The Labute approximate surface area is 105 Å². The van der Waals surface area contributed by atoms with E-state index in [1.165, 1.54) is 0 Å². The summed E-state index contributed by atoms with van der Waals surface area (Å²) in [5.74, 6) is 0. The van der Waals surface area contributed by atoms with Crippen molar-refractivity contribution < 1.29 is 0 Å². The average molecular weight is 239 g/mol. The van der Waals surface area contributed by atoms with E-state index in [1.807, 2.05) is 19.1 Å². The molecule has 0 saturated heterocycles. The number of rotatable bonds is 2. The van der Waals surface area contributed by atoms with Gasteiger partial charge in [-0.25, -0.2) is 4.79 Å². The van der Waals surface area contributed by atoms with E-state index in [9.17, 15) is 4.79 Å². The molecule has 0 radical (unpaired) electrons. The predicted octanol–water partition coefficient (Wildman–Crippen LogP) is 1.78. The fraction of sp³-hybridized carbons (Fsp3) is 0.214. The Balaban J connectivity index is 2.35. The number of hydrogen-bond acceptors (Lipinski definition) is 3. The molecule has 0 aliphatic carbocycles. The highest BCUT2D eigenvalue weighted by Crippen LogP contribution is 2.11. The van der Waals surface area contributed by atoms with Crippen molar-refractivity contribution in [1.82, 2.24) is 9.55 Å². The molecule has 0 spiro atoms. The van der Waals surface area contributed by atoms with Gasteiger partial charge in [0.1, 0.15) is 0 Å². The van der Waals surface area contributed by atoms with Crippen LogP contribution in [0.3, 0.4) is 0 Å². The first-order valence-electron chi connectivity index (χ1n) is 5.64. The first kappa shape index (κ1) is 12.1. The summed E-state index contributed by atoms with van der Waals surface area (Å²) in [6.45, 7) is 4.20. The van der Waals surface area contributed by atoms with Crippen molar-refractivity contribution in [2.24, 2.45) is 0 Å². The van der Waals surface area contributed by atoms with Crippen LogP contribution in [0.4, 0.5) is 0 Å². The van der Waals surface area contributed by atoms with Gasteiger partial charge in [0, 0.05) is 11.9 Å². The highest BCUT2D eigenvalue weighted by molar-refractivity contribution is 5.37. The standard InChI is InChI=1S/C14H13N3O/c1-10-7-12(8-15)3-4-13(10)9-17-6-5-11(2)16-14(17)18/h3-7H,9H2,1-2H3. The van der Waals surface area contributed by atoms with Gasteiger partial charge in [0.2, 0.25) is 0 Å². The van der Waals surface area contributed by atoms with E-state index in [0.29, 0.717) is 17.8 Å². The normalized spacial score (nSPS) is 10.1. The smallest absolute Gasteiger partial charge is 0.295 e. The molecule has 0 atom stereocenters. The minimum absolute atomic E-state index is 0.251. The van der Waals surface area contributed by atoms with E-state index < -0.39 is 0 Å². The summed E-state index contributed by atoms with van der Waals surface area (Å²) < 4.78 is 1.56. The van der Waals surface area contributed by atoms with Crippen LogP contribution in [-0.4, -0.2) is 9.55 Å². The van der Waals surface area contributed by atoms with Gasteiger partial charge >= 0.3 is 5.69 Å². The Kier molecular flexibility index (Phi) is 3.24. The second-order valence-electron chi connectivity index (χ2n) is 4.23. The van der Waals surface area contributed by atoms with Gasteiger partial charge in [-0.1, -0.05) is 6.07 Å². The highest BCUT2D eigenvalue weighted by atomic mass is 16.1. The number of nitriles is 1. The molecule has 0 amide bonds. The van der Waals surface area contributed by atoms with E-state index in [0.717, 1.165) is 11.1 Å². The molecule has 90 valence electrons. The van der Waals surface area contributed by atoms with Crippen LogP contribution < -0.4 is 5.69 Å². The first-order chi connectivity index (χ1) is 8.60.